The van der Waals surface area contributed by atoms with Crippen molar-refractivity contribution in [3.8, 4) is 0 Å². The molecule has 1 aliphatic rings. The van der Waals surface area contributed by atoms with Crippen LogP contribution in [0.5, 0.6) is 0 Å². The van der Waals surface area contributed by atoms with E-state index in [9.17, 15) is 8.42 Å². The highest BCUT2D eigenvalue weighted by atomic mass is 32.2. The molecule has 0 unspecified atom stereocenters. The van der Waals surface area contributed by atoms with Crippen molar-refractivity contribution in [2.75, 3.05) is 40.3 Å². The molecule has 1 fully saturated rings. The lowest BCUT2D eigenvalue weighted by molar-refractivity contribution is 0.347. The van der Waals surface area contributed by atoms with Crippen molar-refractivity contribution in [3.63, 3.8) is 0 Å². The Morgan fingerprint density at radius 2 is 1.95 bits per heavy atom. The zero-order valence-electron chi connectivity index (χ0n) is 13.1. The van der Waals surface area contributed by atoms with Crippen molar-refractivity contribution in [1.29, 1.82) is 0 Å². The van der Waals surface area contributed by atoms with E-state index in [0.717, 1.165) is 30.6 Å². The largest absolute Gasteiger partial charge is 0.316 e. The molecule has 1 aromatic rings. The first-order chi connectivity index (χ1) is 9.95. The van der Waals surface area contributed by atoms with Gasteiger partial charge in [-0.1, -0.05) is 6.07 Å². The second-order valence-corrected chi connectivity index (χ2v) is 7.62. The maximum Gasteiger partial charge on any atom is 0.243 e. The van der Waals surface area contributed by atoms with Gasteiger partial charge in [0.05, 0.1) is 4.90 Å². The molecular weight excluding hydrogens is 286 g/mol. The Morgan fingerprint density at radius 3 is 2.67 bits per heavy atom. The number of benzene rings is 1. The fraction of sp³-hybridized carbons (Fsp3) is 0.600. The van der Waals surface area contributed by atoms with Crippen LogP contribution < -0.4 is 5.32 Å². The summed E-state index contributed by atoms with van der Waals surface area (Å²) in [5.74, 6) is 0. The van der Waals surface area contributed by atoms with Gasteiger partial charge in [0.1, 0.15) is 0 Å². The summed E-state index contributed by atoms with van der Waals surface area (Å²) in [4.78, 5) is 2.58. The predicted molar refractivity (Wildman–Crippen MR) is 84.8 cm³/mol. The lowest BCUT2D eigenvalue weighted by Gasteiger charge is -2.21. The molecule has 1 N–H and O–H groups in total. The normalized spacial score (nSPS) is 18.6. The Bertz CT molecular complexity index is 587. The molecule has 0 aliphatic carbocycles. The van der Waals surface area contributed by atoms with E-state index in [0.29, 0.717) is 24.5 Å². The van der Waals surface area contributed by atoms with Crippen LogP contribution in [0.15, 0.2) is 23.1 Å². The van der Waals surface area contributed by atoms with E-state index in [4.69, 9.17) is 0 Å². The Morgan fingerprint density at radius 1 is 1.19 bits per heavy atom. The maximum absolute atomic E-state index is 12.8. The summed E-state index contributed by atoms with van der Waals surface area (Å²) >= 11 is 0. The van der Waals surface area contributed by atoms with Gasteiger partial charge in [-0.2, -0.15) is 4.31 Å². The summed E-state index contributed by atoms with van der Waals surface area (Å²) in [5, 5.41) is 3.08. The number of hydrogen-bond acceptors (Lipinski definition) is 4. The van der Waals surface area contributed by atoms with Crippen molar-refractivity contribution in [1.82, 2.24) is 14.5 Å². The molecule has 0 saturated carbocycles. The number of rotatable bonds is 4. The summed E-state index contributed by atoms with van der Waals surface area (Å²) in [5.41, 5.74) is 2.14. The smallest absolute Gasteiger partial charge is 0.243 e. The van der Waals surface area contributed by atoms with Crippen LogP contribution in [0.2, 0.25) is 0 Å². The third-order valence-electron chi connectivity index (χ3n) is 4.00. The third kappa shape index (κ3) is 3.83. The van der Waals surface area contributed by atoms with Crippen molar-refractivity contribution in [3.05, 3.63) is 29.3 Å². The van der Waals surface area contributed by atoms with Crippen LogP contribution in [0.1, 0.15) is 17.5 Å². The minimum absolute atomic E-state index is 0.405. The Balaban J connectivity index is 2.28. The van der Waals surface area contributed by atoms with Gasteiger partial charge in [-0.05, 0) is 57.2 Å². The molecule has 0 amide bonds. The second-order valence-electron chi connectivity index (χ2n) is 5.68. The molecule has 6 heteroatoms. The van der Waals surface area contributed by atoms with Crippen molar-refractivity contribution in [2.24, 2.45) is 0 Å². The fourth-order valence-electron chi connectivity index (χ4n) is 2.60. The van der Waals surface area contributed by atoms with Crippen LogP contribution in [-0.4, -0.2) is 57.9 Å². The Hall–Kier alpha value is -0.950. The first kappa shape index (κ1) is 16.4. The van der Waals surface area contributed by atoms with Crippen molar-refractivity contribution in [2.45, 2.75) is 24.8 Å². The third-order valence-corrected chi connectivity index (χ3v) is 5.90. The number of nitrogens with zero attached hydrogens (tertiary/aromatic N) is 2. The van der Waals surface area contributed by atoms with Gasteiger partial charge in [0.25, 0.3) is 0 Å². The monoisotopic (exact) mass is 311 g/mol. The minimum Gasteiger partial charge on any atom is -0.316 e. The average molecular weight is 311 g/mol. The van der Waals surface area contributed by atoms with E-state index in [1.165, 1.54) is 0 Å². The number of hydrogen-bond donors (Lipinski definition) is 1. The molecule has 5 nitrogen and oxygen atoms in total. The molecule has 0 bridgehead atoms. The van der Waals surface area contributed by atoms with Gasteiger partial charge in [-0.15, -0.1) is 0 Å². The molecule has 1 aliphatic heterocycles. The molecule has 0 radical (unpaired) electrons. The Kier molecular flexibility index (Phi) is 5.37. The van der Waals surface area contributed by atoms with E-state index in [-0.39, 0.29) is 0 Å². The zero-order valence-corrected chi connectivity index (χ0v) is 13.9. The van der Waals surface area contributed by atoms with Gasteiger partial charge in [-0.25, -0.2) is 8.42 Å². The van der Waals surface area contributed by atoms with Crippen molar-refractivity contribution >= 4 is 10.0 Å². The molecule has 0 atom stereocenters. The van der Waals surface area contributed by atoms with Crippen LogP contribution in [0.4, 0.5) is 0 Å². The topological polar surface area (TPSA) is 52.7 Å². The zero-order chi connectivity index (χ0) is 15.5. The Labute approximate surface area is 128 Å². The summed E-state index contributed by atoms with van der Waals surface area (Å²) in [7, 11) is 0.514. The molecule has 21 heavy (non-hydrogen) atoms. The standard InChI is InChI=1S/C15H25N3O2S/c1-13-5-6-15(11-14(13)12-16-2)21(19,20)18-8-4-7-17(3)9-10-18/h5-6,11,16H,4,7-10,12H2,1-3H3. The fourth-order valence-corrected chi connectivity index (χ4v) is 4.12. The van der Waals surface area contributed by atoms with Crippen LogP contribution in [0.3, 0.4) is 0 Å². The average Bonchev–Trinajstić information content (AvgIpc) is 2.66. The molecule has 118 valence electrons. The number of aryl methyl sites for hydroxylation is 1. The number of sulfonamides is 1. The molecule has 2 rings (SSSR count). The summed E-state index contributed by atoms with van der Waals surface area (Å²) in [6, 6.07) is 5.41. The SMILES string of the molecule is CNCc1cc(S(=O)(=O)N2CCCN(C)CC2)ccc1C. The lowest BCUT2D eigenvalue weighted by Crippen LogP contribution is -2.34. The first-order valence-electron chi connectivity index (χ1n) is 7.38. The van der Waals surface area contributed by atoms with E-state index < -0.39 is 10.0 Å². The number of likely N-dealkylation sites (N-methyl/N-ethyl adjacent to an activating group) is 1. The summed E-state index contributed by atoms with van der Waals surface area (Å²) < 4.78 is 27.2. The predicted octanol–water partition coefficient (Wildman–Crippen LogP) is 1.04. The van der Waals surface area contributed by atoms with Crippen LogP contribution in [0, 0.1) is 6.92 Å². The number of nitrogens with one attached hydrogen (secondary N) is 1. The summed E-state index contributed by atoms with van der Waals surface area (Å²) in [6.45, 7) is 5.58. The van der Waals surface area contributed by atoms with Crippen LogP contribution in [-0.2, 0) is 16.6 Å². The van der Waals surface area contributed by atoms with Gasteiger partial charge in [0.2, 0.25) is 10.0 Å². The molecule has 1 heterocycles. The van der Waals surface area contributed by atoms with Gasteiger partial charge in [-0.3, -0.25) is 0 Å². The van der Waals surface area contributed by atoms with Gasteiger partial charge < -0.3 is 10.2 Å². The lowest BCUT2D eigenvalue weighted by atomic mass is 10.1. The van der Waals surface area contributed by atoms with Crippen LogP contribution in [0.25, 0.3) is 0 Å². The van der Waals surface area contributed by atoms with E-state index in [2.05, 4.69) is 10.2 Å². The van der Waals surface area contributed by atoms with Gasteiger partial charge in [0, 0.05) is 26.2 Å². The van der Waals surface area contributed by atoms with Gasteiger partial charge >= 0.3 is 0 Å². The summed E-state index contributed by atoms with van der Waals surface area (Å²) in [6.07, 6.45) is 0.880. The van der Waals surface area contributed by atoms with Crippen molar-refractivity contribution < 1.29 is 8.42 Å². The first-order valence-corrected chi connectivity index (χ1v) is 8.82. The molecule has 1 saturated heterocycles. The quantitative estimate of drug-likeness (QED) is 0.903. The highest BCUT2D eigenvalue weighted by molar-refractivity contribution is 7.89. The molecule has 0 aromatic heterocycles. The molecule has 1 aromatic carbocycles. The molecule has 0 spiro atoms. The van der Waals surface area contributed by atoms with Crippen LogP contribution >= 0.6 is 0 Å². The molecular formula is C15H25N3O2S. The van der Waals surface area contributed by atoms with E-state index in [1.54, 1.807) is 16.4 Å². The highest BCUT2D eigenvalue weighted by Gasteiger charge is 2.26. The highest BCUT2D eigenvalue weighted by Crippen LogP contribution is 2.20. The van der Waals surface area contributed by atoms with Gasteiger partial charge in [0.15, 0.2) is 0 Å². The minimum atomic E-state index is -3.39. The maximum atomic E-state index is 12.8. The van der Waals surface area contributed by atoms with E-state index in [1.807, 2.05) is 27.1 Å². The second kappa shape index (κ2) is 6.87. The van der Waals surface area contributed by atoms with E-state index >= 15 is 0 Å².